The lowest BCUT2D eigenvalue weighted by Gasteiger charge is -2.32. The van der Waals surface area contributed by atoms with Crippen molar-refractivity contribution in [2.75, 3.05) is 14.2 Å². The molecule has 0 aromatic rings. The van der Waals surface area contributed by atoms with E-state index < -0.39 is 34.4 Å². The number of hydrogen-bond acceptors (Lipinski definition) is 5. The second kappa shape index (κ2) is 7.97. The molecule has 0 spiro atoms. The van der Waals surface area contributed by atoms with Crippen LogP contribution in [0.4, 0.5) is 0 Å². The molecule has 0 aromatic carbocycles. The van der Waals surface area contributed by atoms with Gasteiger partial charge in [-0.2, -0.15) is 0 Å². The highest BCUT2D eigenvalue weighted by molar-refractivity contribution is 7.84. The van der Waals surface area contributed by atoms with Gasteiger partial charge in [0, 0.05) is 26.2 Å². The molecule has 0 fully saturated rings. The van der Waals surface area contributed by atoms with Crippen LogP contribution in [0.15, 0.2) is 0 Å². The largest absolute Gasteiger partial charge is 0.396 e. The summed E-state index contributed by atoms with van der Waals surface area (Å²) in [5, 5.41) is 0. The minimum Gasteiger partial charge on any atom is -0.307 e. The Morgan fingerprint density at radius 3 is 2.00 bits per heavy atom. The van der Waals surface area contributed by atoms with Gasteiger partial charge in [-0.25, -0.2) is 8.93 Å². The Balaban J connectivity index is 4.82. The second-order valence-corrected chi connectivity index (χ2v) is 10.3. The molecule has 21 heavy (non-hydrogen) atoms. The summed E-state index contributed by atoms with van der Waals surface area (Å²) in [5.41, 5.74) is -1.05. The molecule has 126 valence electrons. The molecule has 1 unspecified atom stereocenters. The average Bonchev–Trinajstić information content (AvgIpc) is 2.42. The van der Waals surface area contributed by atoms with E-state index in [1.165, 1.54) is 14.2 Å². The molecular weight excluding hydrogens is 313 g/mol. The van der Waals surface area contributed by atoms with Crippen molar-refractivity contribution in [1.29, 1.82) is 0 Å². The van der Waals surface area contributed by atoms with E-state index in [2.05, 4.69) is 13.8 Å². The zero-order valence-electron chi connectivity index (χ0n) is 14.0. The van der Waals surface area contributed by atoms with Crippen LogP contribution in [0.5, 0.6) is 0 Å². The van der Waals surface area contributed by atoms with Crippen molar-refractivity contribution in [3.8, 4) is 0 Å². The third-order valence-electron chi connectivity index (χ3n) is 3.35. The SMILES string of the molecule is CC[C@](C)(CCC(=O)P(=O)(OC)OC)NS(=O)C(C)(C)C. The maximum atomic E-state index is 12.2. The third-order valence-corrected chi connectivity index (χ3v) is 6.94. The Labute approximate surface area is 130 Å². The minimum atomic E-state index is -3.68. The van der Waals surface area contributed by atoms with Crippen LogP contribution in [0.2, 0.25) is 0 Å². The van der Waals surface area contributed by atoms with E-state index in [0.717, 1.165) is 0 Å². The second-order valence-electron chi connectivity index (χ2n) is 6.15. The van der Waals surface area contributed by atoms with Crippen LogP contribution in [-0.4, -0.2) is 34.2 Å². The van der Waals surface area contributed by atoms with Gasteiger partial charge in [-0.15, -0.1) is 0 Å². The molecule has 2 atom stereocenters. The van der Waals surface area contributed by atoms with Crippen molar-refractivity contribution in [2.45, 2.75) is 64.2 Å². The predicted octanol–water partition coefficient (Wildman–Crippen LogP) is 3.00. The van der Waals surface area contributed by atoms with Gasteiger partial charge in [0.25, 0.3) is 0 Å². The van der Waals surface area contributed by atoms with Crippen LogP contribution < -0.4 is 4.72 Å². The predicted molar refractivity (Wildman–Crippen MR) is 85.6 cm³/mol. The molecule has 0 aromatic heterocycles. The van der Waals surface area contributed by atoms with Crippen molar-refractivity contribution in [3.05, 3.63) is 0 Å². The van der Waals surface area contributed by atoms with Crippen LogP contribution in [0.3, 0.4) is 0 Å². The maximum Gasteiger partial charge on any atom is 0.396 e. The fourth-order valence-electron chi connectivity index (χ4n) is 1.47. The first-order valence-corrected chi connectivity index (χ1v) is 9.58. The zero-order valence-corrected chi connectivity index (χ0v) is 15.7. The zero-order chi connectivity index (χ0) is 16.9. The van der Waals surface area contributed by atoms with Crippen LogP contribution >= 0.6 is 7.60 Å². The fraction of sp³-hybridized carbons (Fsp3) is 0.923. The maximum absolute atomic E-state index is 12.2. The molecule has 1 N–H and O–H groups in total. The average molecular weight is 341 g/mol. The van der Waals surface area contributed by atoms with Gasteiger partial charge in [-0.05, 0) is 40.5 Å². The van der Waals surface area contributed by atoms with Crippen molar-refractivity contribution in [1.82, 2.24) is 4.72 Å². The Kier molecular flexibility index (Phi) is 7.95. The number of rotatable bonds is 9. The van der Waals surface area contributed by atoms with Crippen LogP contribution in [-0.2, 0) is 29.4 Å². The molecule has 8 heteroatoms. The van der Waals surface area contributed by atoms with Gasteiger partial charge in [-0.1, -0.05) is 6.92 Å². The Morgan fingerprint density at radius 1 is 1.19 bits per heavy atom. The first-order valence-electron chi connectivity index (χ1n) is 6.88. The molecule has 0 aliphatic heterocycles. The summed E-state index contributed by atoms with van der Waals surface area (Å²) in [6.07, 6.45) is 1.13. The molecular formula is C13H28NO5PS. The monoisotopic (exact) mass is 341 g/mol. The highest BCUT2D eigenvalue weighted by Crippen LogP contribution is 2.48. The van der Waals surface area contributed by atoms with E-state index in [-0.39, 0.29) is 6.42 Å². The standard InChI is InChI=1S/C13H28NO5PS/c1-8-13(5,14-21(17)12(2,3)4)10-9-11(15)20(16,18-6)19-7/h14H,8-10H2,1-7H3/t13-,21?/m1/s1. The molecule has 0 aliphatic rings. The first-order chi connectivity index (χ1) is 9.44. The lowest BCUT2D eigenvalue weighted by atomic mass is 9.94. The summed E-state index contributed by atoms with van der Waals surface area (Å²) >= 11 is 0. The Bertz CT molecular complexity index is 427. The lowest BCUT2D eigenvalue weighted by Crippen LogP contribution is -2.48. The summed E-state index contributed by atoms with van der Waals surface area (Å²) in [6, 6.07) is 0. The molecule has 0 aliphatic carbocycles. The first kappa shape index (κ1) is 20.9. The van der Waals surface area contributed by atoms with E-state index in [1.54, 1.807) is 0 Å². The highest BCUT2D eigenvalue weighted by atomic mass is 32.2. The van der Waals surface area contributed by atoms with Crippen molar-refractivity contribution in [3.63, 3.8) is 0 Å². The Morgan fingerprint density at radius 2 is 1.67 bits per heavy atom. The smallest absolute Gasteiger partial charge is 0.307 e. The summed E-state index contributed by atoms with van der Waals surface area (Å²) in [6.45, 7) is 9.47. The number of hydrogen-bond donors (Lipinski definition) is 1. The topological polar surface area (TPSA) is 81.7 Å². The fourth-order valence-corrected chi connectivity index (χ4v) is 3.42. The quantitative estimate of drug-likeness (QED) is 0.652. The van der Waals surface area contributed by atoms with Crippen molar-refractivity contribution in [2.24, 2.45) is 0 Å². The number of carbonyl (C=O) groups is 1. The number of carbonyl (C=O) groups excluding carboxylic acids is 1. The van der Waals surface area contributed by atoms with Crippen molar-refractivity contribution >= 4 is 24.1 Å². The van der Waals surface area contributed by atoms with E-state index in [1.807, 2.05) is 34.6 Å². The summed E-state index contributed by atoms with van der Waals surface area (Å²) < 4.78 is 36.2. The molecule has 0 amide bonds. The molecule has 0 saturated carbocycles. The summed E-state index contributed by atoms with van der Waals surface area (Å²) in [4.78, 5) is 12.0. The molecule has 0 radical (unpaired) electrons. The summed E-state index contributed by atoms with van der Waals surface area (Å²) in [5.74, 6) is 0. The minimum absolute atomic E-state index is 0.0393. The van der Waals surface area contributed by atoms with Crippen LogP contribution in [0.1, 0.15) is 53.9 Å². The van der Waals surface area contributed by atoms with E-state index in [4.69, 9.17) is 0 Å². The normalized spacial score (nSPS) is 17.3. The van der Waals surface area contributed by atoms with Crippen LogP contribution in [0.25, 0.3) is 0 Å². The highest BCUT2D eigenvalue weighted by Gasteiger charge is 2.35. The van der Waals surface area contributed by atoms with E-state index in [0.29, 0.717) is 12.8 Å². The van der Waals surface area contributed by atoms with Gasteiger partial charge < -0.3 is 9.05 Å². The third kappa shape index (κ3) is 6.28. The van der Waals surface area contributed by atoms with Gasteiger partial charge >= 0.3 is 7.60 Å². The lowest BCUT2D eigenvalue weighted by molar-refractivity contribution is -0.114. The molecule has 0 rings (SSSR count). The van der Waals surface area contributed by atoms with Crippen molar-refractivity contribution < 1.29 is 22.6 Å². The van der Waals surface area contributed by atoms with E-state index >= 15 is 0 Å². The Hall–Kier alpha value is -0.0700. The summed E-state index contributed by atoms with van der Waals surface area (Å²) in [7, 11) is -2.54. The number of nitrogens with one attached hydrogen (secondary N) is 1. The van der Waals surface area contributed by atoms with Gasteiger partial charge in [0.2, 0.25) is 5.52 Å². The molecule has 0 bridgehead atoms. The molecule has 0 heterocycles. The molecule has 6 nitrogen and oxygen atoms in total. The van der Waals surface area contributed by atoms with Crippen LogP contribution in [0, 0.1) is 0 Å². The van der Waals surface area contributed by atoms with Gasteiger partial charge in [0.05, 0.1) is 15.7 Å². The van der Waals surface area contributed by atoms with E-state index in [9.17, 15) is 13.6 Å². The van der Waals surface area contributed by atoms with Gasteiger partial charge in [-0.3, -0.25) is 9.36 Å². The van der Waals surface area contributed by atoms with Gasteiger partial charge in [0.1, 0.15) is 0 Å². The molecule has 0 saturated heterocycles. The van der Waals surface area contributed by atoms with Gasteiger partial charge in [0.15, 0.2) is 0 Å².